The van der Waals surface area contributed by atoms with Gasteiger partial charge < -0.3 is 25.7 Å². The summed E-state index contributed by atoms with van der Waals surface area (Å²) in [6.07, 6.45) is -0.211. The van der Waals surface area contributed by atoms with Crippen LogP contribution in [0, 0.1) is 0 Å². The van der Waals surface area contributed by atoms with Crippen molar-refractivity contribution >= 4 is 42.0 Å². The molecule has 1 aromatic heterocycles. The molecule has 12 heteroatoms. The average Bonchev–Trinajstić information content (AvgIpc) is 2.88. The van der Waals surface area contributed by atoms with Crippen LogP contribution in [0.15, 0.2) is 10.5 Å². The van der Waals surface area contributed by atoms with E-state index in [4.69, 9.17) is 10.6 Å². The number of rotatable bonds is 6. The van der Waals surface area contributed by atoms with E-state index in [1.54, 1.807) is 5.38 Å². The number of anilines is 1. The van der Waals surface area contributed by atoms with Crippen molar-refractivity contribution in [1.82, 2.24) is 15.2 Å². The fraction of sp³-hybridized carbons (Fsp3) is 0.400. The molecule has 1 saturated heterocycles. The van der Waals surface area contributed by atoms with E-state index in [9.17, 15) is 14.2 Å². The molecular formula is C10H14N5O5PS. The van der Waals surface area contributed by atoms with E-state index in [1.165, 1.54) is 12.0 Å². The topological polar surface area (TPSA) is 147 Å². The lowest BCUT2D eigenvalue weighted by Gasteiger charge is -2.37. The van der Waals surface area contributed by atoms with Gasteiger partial charge in [-0.2, -0.15) is 0 Å². The van der Waals surface area contributed by atoms with Crippen molar-refractivity contribution in [3.63, 3.8) is 0 Å². The molecule has 1 aromatic rings. The first-order valence-corrected chi connectivity index (χ1v) is 8.50. The Balaban J connectivity index is 2.00. The Labute approximate surface area is 129 Å². The van der Waals surface area contributed by atoms with Gasteiger partial charge >= 0.3 is 0 Å². The van der Waals surface area contributed by atoms with Crippen LogP contribution in [0.5, 0.6) is 0 Å². The third kappa shape index (κ3) is 3.62. The molecule has 0 radical (unpaired) electrons. The third-order valence-corrected chi connectivity index (χ3v) is 4.13. The van der Waals surface area contributed by atoms with Gasteiger partial charge in [-0.05, 0) is 0 Å². The Hall–Kier alpha value is -1.97. The normalized spacial score (nSPS) is 19.5. The van der Waals surface area contributed by atoms with E-state index >= 15 is 0 Å². The average molecular weight is 347 g/mol. The second kappa shape index (κ2) is 6.86. The zero-order valence-electron chi connectivity index (χ0n) is 11.5. The first kappa shape index (κ1) is 16.4. The minimum atomic E-state index is -2.77. The number of amides is 2. The minimum absolute atomic E-state index is 0.0996. The Morgan fingerprint density at radius 1 is 1.77 bits per heavy atom. The van der Waals surface area contributed by atoms with E-state index in [2.05, 4.69) is 20.3 Å². The zero-order chi connectivity index (χ0) is 16.3. The highest BCUT2D eigenvalue weighted by atomic mass is 32.1. The molecule has 0 spiro atoms. The highest BCUT2D eigenvalue weighted by Gasteiger charge is 2.39. The molecule has 4 N–H and O–H groups in total. The fourth-order valence-electron chi connectivity index (χ4n) is 1.83. The number of carbonyl (C=O) groups excluding carboxylic acids is 2. The number of likely N-dealkylation sites (tertiary alicyclic amines) is 1. The molecule has 22 heavy (non-hydrogen) atoms. The van der Waals surface area contributed by atoms with Crippen molar-refractivity contribution in [2.45, 2.75) is 6.04 Å². The van der Waals surface area contributed by atoms with Crippen molar-refractivity contribution in [3.8, 4) is 0 Å². The maximum Gasteiger partial charge on any atom is 0.276 e. The van der Waals surface area contributed by atoms with Crippen LogP contribution in [0.3, 0.4) is 0 Å². The van der Waals surface area contributed by atoms with Gasteiger partial charge in [0.1, 0.15) is 18.8 Å². The van der Waals surface area contributed by atoms with Crippen molar-refractivity contribution in [1.29, 1.82) is 0 Å². The van der Waals surface area contributed by atoms with Crippen LogP contribution in [0.4, 0.5) is 5.13 Å². The summed E-state index contributed by atoms with van der Waals surface area (Å²) in [5.74, 6) is -1.06. The van der Waals surface area contributed by atoms with Gasteiger partial charge in [0.2, 0.25) is 13.9 Å². The van der Waals surface area contributed by atoms with Gasteiger partial charge in [0, 0.05) is 5.38 Å². The van der Waals surface area contributed by atoms with Gasteiger partial charge in [-0.15, -0.1) is 11.3 Å². The molecule has 1 aliphatic heterocycles. The minimum Gasteiger partial charge on any atom is -0.398 e. The largest absolute Gasteiger partial charge is 0.398 e. The molecule has 0 aromatic carbocycles. The molecule has 0 bridgehead atoms. The monoisotopic (exact) mass is 347 g/mol. The number of β-lactam (4-membered cyclic amide) rings is 1. The molecular weight excluding hydrogens is 333 g/mol. The van der Waals surface area contributed by atoms with Crippen LogP contribution >= 0.6 is 19.4 Å². The Morgan fingerprint density at radius 3 is 3.00 bits per heavy atom. The molecule has 0 saturated carbocycles. The lowest BCUT2D eigenvalue weighted by molar-refractivity contribution is -0.144. The molecule has 1 aliphatic rings. The number of thiazole rings is 1. The molecule has 1 unspecified atom stereocenters. The molecule has 0 aliphatic carbocycles. The number of nitrogen functional groups attached to an aromatic ring is 1. The number of carbonyl (C=O) groups is 2. The van der Waals surface area contributed by atoms with Crippen LogP contribution in [0.1, 0.15) is 5.69 Å². The number of hydrogen-bond donors (Lipinski definition) is 3. The molecule has 2 atom stereocenters. The zero-order valence-corrected chi connectivity index (χ0v) is 13.3. The molecule has 2 heterocycles. The van der Waals surface area contributed by atoms with Gasteiger partial charge in [-0.25, -0.2) is 4.98 Å². The van der Waals surface area contributed by atoms with Gasteiger partial charge in [-0.1, -0.05) is 5.16 Å². The standard InChI is InChI=1S/C10H14N5O5PS/c1-20-14-7(6-3-22-10(11)13-6)8(16)12-5-2-15(9(5)17)4-21(18)19/h3,5,21H,2,4H2,1H3,(H2,11,13)(H,12,16)(H,18,19)/t5-/m0/s1. The second-order valence-electron chi connectivity index (χ2n) is 4.33. The molecule has 10 nitrogen and oxygen atoms in total. The van der Waals surface area contributed by atoms with Crippen molar-refractivity contribution < 1.29 is 23.9 Å². The van der Waals surface area contributed by atoms with E-state index in [-0.39, 0.29) is 29.4 Å². The SMILES string of the molecule is CON=C(C(=O)N[C@H]1CN(C[PH](=O)O)C1=O)c1csc(N)n1. The summed E-state index contributed by atoms with van der Waals surface area (Å²) in [6, 6.07) is -0.758. The lowest BCUT2D eigenvalue weighted by atomic mass is 10.1. The second-order valence-corrected chi connectivity index (χ2v) is 6.33. The van der Waals surface area contributed by atoms with Crippen LogP contribution in [0.2, 0.25) is 0 Å². The Bertz CT molecular complexity index is 647. The molecule has 120 valence electrons. The number of aromatic nitrogens is 1. The lowest BCUT2D eigenvalue weighted by Crippen LogP contribution is -2.64. The molecule has 1 fully saturated rings. The van der Waals surface area contributed by atoms with E-state index in [0.717, 1.165) is 11.3 Å². The quantitative estimate of drug-likeness (QED) is 0.254. The maximum absolute atomic E-state index is 12.1. The maximum atomic E-state index is 12.1. The third-order valence-electron chi connectivity index (χ3n) is 2.81. The highest BCUT2D eigenvalue weighted by molar-refractivity contribution is 7.37. The van der Waals surface area contributed by atoms with Gasteiger partial charge in [0.15, 0.2) is 10.8 Å². The number of nitrogens with zero attached hydrogens (tertiary/aromatic N) is 3. The van der Waals surface area contributed by atoms with Crippen LogP contribution in [-0.2, 0) is 19.0 Å². The number of nitrogens with two attached hydrogens (primary N) is 1. The van der Waals surface area contributed by atoms with E-state index in [1.807, 2.05) is 0 Å². The molecule has 2 amide bonds. The summed E-state index contributed by atoms with van der Waals surface area (Å²) in [6.45, 7) is 0.168. The summed E-state index contributed by atoms with van der Waals surface area (Å²) in [5, 5.41) is 7.88. The van der Waals surface area contributed by atoms with Gasteiger partial charge in [-0.3, -0.25) is 14.2 Å². The summed E-state index contributed by atoms with van der Waals surface area (Å²) in [5.41, 5.74) is 5.65. The van der Waals surface area contributed by atoms with Crippen LogP contribution in [-0.4, -0.2) is 58.3 Å². The summed E-state index contributed by atoms with van der Waals surface area (Å²) < 4.78 is 10.7. The number of oxime groups is 1. The highest BCUT2D eigenvalue weighted by Crippen LogP contribution is 2.21. The van der Waals surface area contributed by atoms with Crippen LogP contribution in [0.25, 0.3) is 0 Å². The van der Waals surface area contributed by atoms with Crippen molar-refractivity contribution in [3.05, 3.63) is 11.1 Å². The first-order valence-electron chi connectivity index (χ1n) is 6.06. The van der Waals surface area contributed by atoms with Crippen molar-refractivity contribution in [2.24, 2.45) is 5.16 Å². The van der Waals surface area contributed by atoms with E-state index in [0.29, 0.717) is 0 Å². The molecule has 2 rings (SSSR count). The summed E-state index contributed by atoms with van der Waals surface area (Å²) in [4.78, 5) is 42.4. The summed E-state index contributed by atoms with van der Waals surface area (Å²) in [7, 11) is -1.49. The number of nitrogens with one attached hydrogen (secondary N) is 1. The first-order chi connectivity index (χ1) is 10.4. The number of hydrogen-bond acceptors (Lipinski definition) is 8. The Morgan fingerprint density at radius 2 is 2.50 bits per heavy atom. The Kier molecular flexibility index (Phi) is 5.11. The predicted molar refractivity (Wildman–Crippen MR) is 79.8 cm³/mol. The predicted octanol–water partition coefficient (Wildman–Crippen LogP) is -1.17. The van der Waals surface area contributed by atoms with Crippen LogP contribution < -0.4 is 11.1 Å². The fourth-order valence-corrected chi connectivity index (χ4v) is 2.99. The van der Waals surface area contributed by atoms with Gasteiger partial charge in [0.05, 0.1) is 12.8 Å². The van der Waals surface area contributed by atoms with Gasteiger partial charge in [0.25, 0.3) is 5.91 Å². The van der Waals surface area contributed by atoms with E-state index < -0.39 is 25.9 Å². The smallest absolute Gasteiger partial charge is 0.276 e. The van der Waals surface area contributed by atoms with Crippen molar-refractivity contribution in [2.75, 3.05) is 25.7 Å². The summed E-state index contributed by atoms with van der Waals surface area (Å²) >= 11 is 1.14.